The van der Waals surface area contributed by atoms with Gasteiger partial charge >= 0.3 is 0 Å². The normalized spacial score (nSPS) is 14.9. The third-order valence-corrected chi connectivity index (χ3v) is 4.72. The average Bonchev–Trinajstić information content (AvgIpc) is 3.06. The summed E-state index contributed by atoms with van der Waals surface area (Å²) in [5, 5.41) is 12.7. The molecule has 1 amide bonds. The van der Waals surface area contributed by atoms with E-state index >= 15 is 0 Å². The molecule has 1 saturated heterocycles. The van der Waals surface area contributed by atoms with Gasteiger partial charge in [-0.15, -0.1) is 10.2 Å². The second kappa shape index (κ2) is 6.53. The fourth-order valence-electron chi connectivity index (χ4n) is 3.21. The fraction of sp³-hybridized carbons (Fsp3) is 0.353. The molecule has 0 aliphatic carbocycles. The van der Waals surface area contributed by atoms with Crippen LogP contribution in [0.5, 0.6) is 0 Å². The van der Waals surface area contributed by atoms with Gasteiger partial charge in [-0.05, 0) is 32.0 Å². The average molecular weight is 372 g/mol. The topological polar surface area (TPSA) is 79.5 Å². The number of nitrogens with zero attached hydrogens (tertiary/aromatic N) is 7. The molecule has 1 aliphatic rings. The van der Waals surface area contributed by atoms with Crippen LogP contribution in [0.2, 0.25) is 5.15 Å². The van der Waals surface area contributed by atoms with Crippen molar-refractivity contribution in [3.8, 4) is 0 Å². The first kappa shape index (κ1) is 16.7. The summed E-state index contributed by atoms with van der Waals surface area (Å²) in [6.45, 7) is 6.45. The Hall–Kier alpha value is -2.74. The summed E-state index contributed by atoms with van der Waals surface area (Å²) < 4.78 is 1.71. The Kier molecular flexibility index (Phi) is 4.20. The molecule has 4 heterocycles. The van der Waals surface area contributed by atoms with Crippen LogP contribution in [-0.4, -0.2) is 61.8 Å². The Labute approximate surface area is 155 Å². The molecule has 3 aromatic heterocycles. The number of piperazine rings is 1. The van der Waals surface area contributed by atoms with E-state index in [1.165, 1.54) is 0 Å². The zero-order chi connectivity index (χ0) is 18.3. The van der Waals surface area contributed by atoms with Crippen molar-refractivity contribution in [1.82, 2.24) is 29.7 Å². The van der Waals surface area contributed by atoms with E-state index in [1.807, 2.05) is 30.9 Å². The van der Waals surface area contributed by atoms with E-state index in [0.717, 1.165) is 17.2 Å². The van der Waals surface area contributed by atoms with Gasteiger partial charge in [-0.3, -0.25) is 4.79 Å². The van der Waals surface area contributed by atoms with Gasteiger partial charge in [-0.25, -0.2) is 9.50 Å². The number of rotatable bonds is 2. The highest BCUT2D eigenvalue weighted by molar-refractivity contribution is 6.29. The van der Waals surface area contributed by atoms with E-state index in [4.69, 9.17) is 11.6 Å². The van der Waals surface area contributed by atoms with Gasteiger partial charge in [0.25, 0.3) is 5.91 Å². The number of halogens is 1. The summed E-state index contributed by atoms with van der Waals surface area (Å²) in [4.78, 5) is 21.4. The van der Waals surface area contributed by atoms with Gasteiger partial charge in [0.15, 0.2) is 16.6 Å². The molecule has 0 bridgehead atoms. The SMILES string of the molecule is Cc1cc(C)n2ncc(C(=O)N3CCN(c4ccc(Cl)nn4)CC3)c2n1. The van der Waals surface area contributed by atoms with Gasteiger partial charge in [-0.1, -0.05) is 11.6 Å². The minimum atomic E-state index is -0.0423. The zero-order valence-electron chi connectivity index (χ0n) is 14.6. The summed E-state index contributed by atoms with van der Waals surface area (Å²) in [6.07, 6.45) is 1.61. The maximum absolute atomic E-state index is 13.0. The van der Waals surface area contributed by atoms with Crippen LogP contribution in [0, 0.1) is 13.8 Å². The first-order valence-corrected chi connectivity index (χ1v) is 8.76. The Bertz CT molecular complexity index is 961. The predicted molar refractivity (Wildman–Crippen MR) is 97.6 cm³/mol. The molecule has 1 aliphatic heterocycles. The first-order valence-electron chi connectivity index (χ1n) is 8.38. The molecule has 0 aromatic carbocycles. The van der Waals surface area contributed by atoms with E-state index in [2.05, 4.69) is 25.2 Å². The van der Waals surface area contributed by atoms with Gasteiger partial charge in [0.05, 0.1) is 6.20 Å². The number of hydrogen-bond acceptors (Lipinski definition) is 6. The van der Waals surface area contributed by atoms with Crippen LogP contribution in [0.15, 0.2) is 24.4 Å². The third kappa shape index (κ3) is 2.96. The van der Waals surface area contributed by atoms with Crippen LogP contribution in [0.1, 0.15) is 21.7 Å². The molecule has 0 unspecified atom stereocenters. The molecule has 134 valence electrons. The number of carbonyl (C=O) groups excluding carboxylic acids is 1. The largest absolute Gasteiger partial charge is 0.352 e. The smallest absolute Gasteiger partial charge is 0.259 e. The quantitative estimate of drug-likeness (QED) is 0.682. The van der Waals surface area contributed by atoms with Crippen molar-refractivity contribution in [1.29, 1.82) is 0 Å². The molecule has 9 heteroatoms. The number of hydrogen-bond donors (Lipinski definition) is 0. The molecule has 8 nitrogen and oxygen atoms in total. The van der Waals surface area contributed by atoms with Gasteiger partial charge in [-0.2, -0.15) is 5.10 Å². The standard InChI is InChI=1S/C17H18ClN7O/c1-11-9-12(2)25-16(20-11)13(10-19-25)17(26)24-7-5-23(6-8-24)15-4-3-14(18)21-22-15/h3-4,9-10H,5-8H2,1-2H3. The Morgan fingerprint density at radius 3 is 2.58 bits per heavy atom. The Morgan fingerprint density at radius 2 is 1.88 bits per heavy atom. The van der Waals surface area contributed by atoms with Gasteiger partial charge < -0.3 is 9.80 Å². The van der Waals surface area contributed by atoms with Crippen LogP contribution in [-0.2, 0) is 0 Å². The van der Waals surface area contributed by atoms with E-state index in [0.29, 0.717) is 42.5 Å². The number of carbonyl (C=O) groups is 1. The molecular weight excluding hydrogens is 354 g/mol. The molecule has 1 fully saturated rings. The number of aromatic nitrogens is 5. The van der Waals surface area contributed by atoms with E-state index < -0.39 is 0 Å². The molecule has 0 N–H and O–H groups in total. The van der Waals surface area contributed by atoms with E-state index in [9.17, 15) is 4.79 Å². The van der Waals surface area contributed by atoms with Crippen molar-refractivity contribution in [2.75, 3.05) is 31.1 Å². The van der Waals surface area contributed by atoms with E-state index in [1.54, 1.807) is 16.8 Å². The molecule has 0 radical (unpaired) electrons. The van der Waals surface area contributed by atoms with Crippen molar-refractivity contribution >= 4 is 29.0 Å². The molecule has 26 heavy (non-hydrogen) atoms. The number of anilines is 1. The fourth-order valence-corrected chi connectivity index (χ4v) is 3.31. The van der Waals surface area contributed by atoms with Crippen LogP contribution < -0.4 is 4.90 Å². The van der Waals surface area contributed by atoms with Crippen LogP contribution in [0.25, 0.3) is 5.65 Å². The highest BCUT2D eigenvalue weighted by atomic mass is 35.5. The molecule has 0 saturated carbocycles. The molecule has 4 rings (SSSR count). The van der Waals surface area contributed by atoms with Gasteiger partial charge in [0.2, 0.25) is 0 Å². The zero-order valence-corrected chi connectivity index (χ0v) is 15.3. The summed E-state index contributed by atoms with van der Waals surface area (Å²) >= 11 is 5.78. The van der Waals surface area contributed by atoms with E-state index in [-0.39, 0.29) is 5.91 Å². The van der Waals surface area contributed by atoms with Crippen LogP contribution in [0.3, 0.4) is 0 Å². The Morgan fingerprint density at radius 1 is 1.12 bits per heavy atom. The third-order valence-electron chi connectivity index (χ3n) is 4.52. The lowest BCUT2D eigenvalue weighted by Crippen LogP contribution is -2.49. The second-order valence-electron chi connectivity index (χ2n) is 6.33. The lowest BCUT2D eigenvalue weighted by molar-refractivity contribution is 0.0748. The molecule has 0 spiro atoms. The Balaban J connectivity index is 1.51. The van der Waals surface area contributed by atoms with Crippen LogP contribution >= 0.6 is 11.6 Å². The van der Waals surface area contributed by atoms with Crippen molar-refractivity contribution in [3.63, 3.8) is 0 Å². The number of aryl methyl sites for hydroxylation is 2. The lowest BCUT2D eigenvalue weighted by Gasteiger charge is -2.35. The maximum Gasteiger partial charge on any atom is 0.259 e. The lowest BCUT2D eigenvalue weighted by atomic mass is 10.2. The minimum Gasteiger partial charge on any atom is -0.352 e. The van der Waals surface area contributed by atoms with Gasteiger partial charge in [0, 0.05) is 37.6 Å². The van der Waals surface area contributed by atoms with Crippen molar-refractivity contribution in [3.05, 3.63) is 46.5 Å². The number of fused-ring (bicyclic) bond motifs is 1. The molecule has 0 atom stereocenters. The van der Waals surface area contributed by atoms with Crippen molar-refractivity contribution in [2.24, 2.45) is 0 Å². The number of amides is 1. The monoisotopic (exact) mass is 371 g/mol. The van der Waals surface area contributed by atoms with Crippen molar-refractivity contribution in [2.45, 2.75) is 13.8 Å². The minimum absolute atomic E-state index is 0.0423. The summed E-state index contributed by atoms with van der Waals surface area (Å²) in [6, 6.07) is 5.50. The molecule has 3 aromatic rings. The maximum atomic E-state index is 13.0. The second-order valence-corrected chi connectivity index (χ2v) is 6.71. The molecular formula is C17H18ClN7O. The summed E-state index contributed by atoms with van der Waals surface area (Å²) in [5.74, 6) is 0.727. The van der Waals surface area contributed by atoms with Crippen LogP contribution in [0.4, 0.5) is 5.82 Å². The predicted octanol–water partition coefficient (Wildman–Crippen LogP) is 1.75. The van der Waals surface area contributed by atoms with Gasteiger partial charge in [0.1, 0.15) is 5.56 Å². The summed E-state index contributed by atoms with van der Waals surface area (Å²) in [7, 11) is 0. The highest BCUT2D eigenvalue weighted by Gasteiger charge is 2.26. The first-order chi connectivity index (χ1) is 12.5. The highest BCUT2D eigenvalue weighted by Crippen LogP contribution is 2.18. The summed E-state index contributed by atoms with van der Waals surface area (Å²) in [5.41, 5.74) is 2.98. The van der Waals surface area contributed by atoms with Crippen molar-refractivity contribution < 1.29 is 4.79 Å².